The summed E-state index contributed by atoms with van der Waals surface area (Å²) in [6.45, 7) is 0.974. The van der Waals surface area contributed by atoms with Gasteiger partial charge in [-0.15, -0.1) is 0 Å². The standard InChI is InChI=1S/C17H17NO2/c1-20-17(19)14-10-9-13-6-5-11-18(16(13)12-14)15-7-3-2-4-8-15/h2-4,7-10,12H,5-6,11H2,1H3. The zero-order valence-corrected chi connectivity index (χ0v) is 11.5. The average molecular weight is 267 g/mol. The van der Waals surface area contributed by atoms with Crippen molar-refractivity contribution in [2.75, 3.05) is 18.6 Å². The van der Waals surface area contributed by atoms with E-state index in [2.05, 4.69) is 17.0 Å². The lowest BCUT2D eigenvalue weighted by atomic mass is 9.99. The highest BCUT2D eigenvalue weighted by Crippen LogP contribution is 2.34. The molecule has 20 heavy (non-hydrogen) atoms. The SMILES string of the molecule is COC(=O)c1ccc2c(c1)N(c1ccccc1)CCC2. The Bertz CT molecular complexity index is 622. The quantitative estimate of drug-likeness (QED) is 0.779. The van der Waals surface area contributed by atoms with E-state index >= 15 is 0 Å². The summed E-state index contributed by atoms with van der Waals surface area (Å²) in [5.74, 6) is -0.286. The van der Waals surface area contributed by atoms with E-state index < -0.39 is 0 Å². The molecule has 2 aromatic carbocycles. The molecule has 3 rings (SSSR count). The maximum absolute atomic E-state index is 11.7. The molecule has 0 bridgehead atoms. The van der Waals surface area contributed by atoms with Crippen molar-refractivity contribution in [2.45, 2.75) is 12.8 Å². The maximum atomic E-state index is 11.7. The molecule has 3 nitrogen and oxygen atoms in total. The Morgan fingerprint density at radius 3 is 2.70 bits per heavy atom. The average Bonchev–Trinajstić information content (AvgIpc) is 2.54. The molecular weight excluding hydrogens is 250 g/mol. The van der Waals surface area contributed by atoms with Gasteiger partial charge in [-0.1, -0.05) is 24.3 Å². The predicted octanol–water partition coefficient (Wildman–Crippen LogP) is 3.56. The Balaban J connectivity index is 2.04. The number of hydrogen-bond acceptors (Lipinski definition) is 3. The number of aryl methyl sites for hydroxylation is 1. The molecule has 0 aromatic heterocycles. The highest BCUT2D eigenvalue weighted by molar-refractivity contribution is 5.91. The van der Waals surface area contributed by atoms with E-state index in [1.54, 1.807) is 0 Å². The topological polar surface area (TPSA) is 29.5 Å². The summed E-state index contributed by atoms with van der Waals surface area (Å²) in [5, 5.41) is 0. The molecule has 102 valence electrons. The van der Waals surface area contributed by atoms with E-state index in [1.165, 1.54) is 12.7 Å². The first-order valence-corrected chi connectivity index (χ1v) is 6.83. The van der Waals surface area contributed by atoms with Gasteiger partial charge < -0.3 is 9.64 Å². The number of anilines is 2. The Morgan fingerprint density at radius 2 is 1.95 bits per heavy atom. The van der Waals surface area contributed by atoms with Crippen molar-refractivity contribution in [1.82, 2.24) is 0 Å². The second-order valence-electron chi connectivity index (χ2n) is 4.93. The van der Waals surface area contributed by atoms with Crippen molar-refractivity contribution in [1.29, 1.82) is 0 Å². The monoisotopic (exact) mass is 267 g/mol. The summed E-state index contributed by atoms with van der Waals surface area (Å²) in [4.78, 5) is 14.0. The van der Waals surface area contributed by atoms with Crippen molar-refractivity contribution in [2.24, 2.45) is 0 Å². The number of hydrogen-bond donors (Lipinski definition) is 0. The van der Waals surface area contributed by atoms with Crippen molar-refractivity contribution < 1.29 is 9.53 Å². The molecule has 0 amide bonds. The third-order valence-electron chi connectivity index (χ3n) is 3.69. The number of carbonyl (C=O) groups is 1. The maximum Gasteiger partial charge on any atom is 0.337 e. The van der Waals surface area contributed by atoms with Crippen LogP contribution in [0.3, 0.4) is 0 Å². The molecule has 1 aliphatic rings. The van der Waals surface area contributed by atoms with Crippen LogP contribution in [0.4, 0.5) is 11.4 Å². The van der Waals surface area contributed by atoms with E-state index in [-0.39, 0.29) is 5.97 Å². The van der Waals surface area contributed by atoms with Crippen LogP contribution in [-0.2, 0) is 11.2 Å². The summed E-state index contributed by atoms with van der Waals surface area (Å²) in [6.07, 6.45) is 2.18. The molecule has 0 atom stereocenters. The summed E-state index contributed by atoms with van der Waals surface area (Å²) in [6, 6.07) is 16.1. The number of esters is 1. The Labute approximate surface area is 118 Å². The Hall–Kier alpha value is -2.29. The second kappa shape index (κ2) is 5.37. The summed E-state index contributed by atoms with van der Waals surface area (Å²) < 4.78 is 4.81. The van der Waals surface area contributed by atoms with Crippen molar-refractivity contribution in [3.05, 3.63) is 59.7 Å². The van der Waals surface area contributed by atoms with Crippen LogP contribution in [0.15, 0.2) is 48.5 Å². The molecule has 1 aliphatic heterocycles. The highest BCUT2D eigenvalue weighted by Gasteiger charge is 2.20. The molecule has 0 saturated heterocycles. The first-order chi connectivity index (χ1) is 9.79. The van der Waals surface area contributed by atoms with Crippen LogP contribution in [0, 0.1) is 0 Å². The van der Waals surface area contributed by atoms with E-state index in [9.17, 15) is 4.79 Å². The lowest BCUT2D eigenvalue weighted by Gasteiger charge is -2.31. The molecule has 0 radical (unpaired) electrons. The number of nitrogens with zero attached hydrogens (tertiary/aromatic N) is 1. The fraction of sp³-hybridized carbons (Fsp3) is 0.235. The summed E-state index contributed by atoms with van der Waals surface area (Å²) in [5.41, 5.74) is 4.17. The van der Waals surface area contributed by atoms with Crippen LogP contribution in [0.25, 0.3) is 0 Å². The van der Waals surface area contributed by atoms with Gasteiger partial charge in [-0.3, -0.25) is 0 Å². The van der Waals surface area contributed by atoms with Crippen molar-refractivity contribution in [3.8, 4) is 0 Å². The van der Waals surface area contributed by atoms with E-state index in [4.69, 9.17) is 4.74 Å². The van der Waals surface area contributed by atoms with Gasteiger partial charge in [0.25, 0.3) is 0 Å². The molecule has 0 N–H and O–H groups in total. The molecule has 0 spiro atoms. The van der Waals surface area contributed by atoms with Gasteiger partial charge in [0.05, 0.1) is 12.7 Å². The van der Waals surface area contributed by atoms with Crippen LogP contribution in [0.5, 0.6) is 0 Å². The molecule has 3 heteroatoms. The first kappa shape index (κ1) is 12.7. The van der Waals surface area contributed by atoms with Gasteiger partial charge in [0.1, 0.15) is 0 Å². The largest absolute Gasteiger partial charge is 0.465 e. The summed E-state index contributed by atoms with van der Waals surface area (Å²) >= 11 is 0. The third kappa shape index (κ3) is 2.27. The molecule has 0 aliphatic carbocycles. The lowest BCUT2D eigenvalue weighted by Crippen LogP contribution is -2.24. The number of ether oxygens (including phenoxy) is 1. The van der Waals surface area contributed by atoms with Crippen LogP contribution in [0.1, 0.15) is 22.3 Å². The van der Waals surface area contributed by atoms with Gasteiger partial charge in [-0.2, -0.15) is 0 Å². The minimum absolute atomic E-state index is 0.286. The van der Waals surface area contributed by atoms with Crippen molar-refractivity contribution >= 4 is 17.3 Å². The van der Waals surface area contributed by atoms with E-state index in [0.29, 0.717) is 5.56 Å². The van der Waals surface area contributed by atoms with Gasteiger partial charge in [0.2, 0.25) is 0 Å². The zero-order valence-electron chi connectivity index (χ0n) is 11.5. The lowest BCUT2D eigenvalue weighted by molar-refractivity contribution is 0.0601. The Morgan fingerprint density at radius 1 is 1.15 bits per heavy atom. The summed E-state index contributed by atoms with van der Waals surface area (Å²) in [7, 11) is 1.41. The minimum Gasteiger partial charge on any atom is -0.465 e. The van der Waals surface area contributed by atoms with E-state index in [1.807, 2.05) is 36.4 Å². The number of para-hydroxylation sites is 1. The third-order valence-corrected chi connectivity index (χ3v) is 3.69. The molecule has 0 fully saturated rings. The highest BCUT2D eigenvalue weighted by atomic mass is 16.5. The van der Waals surface area contributed by atoms with Crippen molar-refractivity contribution in [3.63, 3.8) is 0 Å². The van der Waals surface area contributed by atoms with E-state index in [0.717, 1.165) is 30.8 Å². The van der Waals surface area contributed by atoms with Crippen LogP contribution >= 0.6 is 0 Å². The number of methoxy groups -OCH3 is 1. The van der Waals surface area contributed by atoms with Crippen LogP contribution in [0.2, 0.25) is 0 Å². The molecule has 1 heterocycles. The van der Waals surface area contributed by atoms with Gasteiger partial charge in [-0.25, -0.2) is 4.79 Å². The fourth-order valence-corrected chi connectivity index (χ4v) is 2.70. The van der Waals surface area contributed by atoms with Crippen LogP contribution in [-0.4, -0.2) is 19.6 Å². The number of fused-ring (bicyclic) bond motifs is 1. The minimum atomic E-state index is -0.286. The number of carbonyl (C=O) groups excluding carboxylic acids is 1. The van der Waals surface area contributed by atoms with Crippen LogP contribution < -0.4 is 4.90 Å². The van der Waals surface area contributed by atoms with Gasteiger partial charge in [-0.05, 0) is 42.7 Å². The first-order valence-electron chi connectivity index (χ1n) is 6.83. The van der Waals surface area contributed by atoms with Gasteiger partial charge >= 0.3 is 5.97 Å². The molecule has 0 unspecified atom stereocenters. The zero-order chi connectivity index (χ0) is 13.9. The smallest absolute Gasteiger partial charge is 0.337 e. The van der Waals surface area contributed by atoms with Gasteiger partial charge in [0, 0.05) is 17.9 Å². The normalized spacial score (nSPS) is 13.8. The Kier molecular flexibility index (Phi) is 3.42. The molecule has 0 saturated carbocycles. The van der Waals surface area contributed by atoms with Gasteiger partial charge in [0.15, 0.2) is 0 Å². The number of rotatable bonds is 2. The number of benzene rings is 2. The fourth-order valence-electron chi connectivity index (χ4n) is 2.70. The predicted molar refractivity (Wildman–Crippen MR) is 79.6 cm³/mol. The molecular formula is C17H17NO2. The molecule has 2 aromatic rings. The second-order valence-corrected chi connectivity index (χ2v) is 4.93.